The normalized spacial score (nSPS) is 28.3. The molecule has 0 saturated heterocycles. The van der Waals surface area contributed by atoms with Crippen LogP contribution in [0.3, 0.4) is 0 Å². The maximum absolute atomic E-state index is 14.6. The summed E-state index contributed by atoms with van der Waals surface area (Å²) in [5, 5.41) is 13.4. The van der Waals surface area contributed by atoms with E-state index in [4.69, 9.17) is 0 Å². The van der Waals surface area contributed by atoms with Crippen LogP contribution in [0.15, 0.2) is 0 Å². The summed E-state index contributed by atoms with van der Waals surface area (Å²) < 4.78 is 0. The summed E-state index contributed by atoms with van der Waals surface area (Å²) in [6, 6.07) is 0.293. The number of carbonyl (C=O) groups is 4. The van der Waals surface area contributed by atoms with Gasteiger partial charge in [0.25, 0.3) is 0 Å². The van der Waals surface area contributed by atoms with Gasteiger partial charge in [-0.2, -0.15) is 0 Å². The SMILES string of the molecule is CCCCCC1CCC(NC(=O)CC(C(=O)NC2CCC(CCCCC)CC2)C(CC(=O)NC2CCC(CCCCC)CC2)C(=O)NC2CCC(CCCCC)CC2)CC1. The molecule has 4 aliphatic rings. The van der Waals surface area contributed by atoms with E-state index in [-0.39, 0.29) is 60.6 Å². The summed E-state index contributed by atoms with van der Waals surface area (Å²) in [6.07, 6.45) is 36.7. The fraction of sp³-hybridized carbons (Fsp3) is 0.923. The molecule has 4 N–H and O–H groups in total. The fourth-order valence-electron chi connectivity index (χ4n) is 11.5. The standard InChI is InChI=1S/C52H94N4O4/c1-5-9-13-17-39-21-29-43(30-22-39)53-49(57)37-47(51(59)55-45-33-25-41(26-34-45)19-15-11-7-3)48(52(60)56-46-35-27-42(28-36-46)20-16-12-8-4)38-50(58)54-44-31-23-40(24-32-44)18-14-10-6-2/h39-48H,5-38H2,1-4H3,(H,53,57)(H,54,58)(H,55,59)(H,56,60). The lowest BCUT2D eigenvalue weighted by molar-refractivity contribution is -0.141. The molecule has 0 spiro atoms. The first-order chi connectivity index (χ1) is 29.2. The van der Waals surface area contributed by atoms with Crippen LogP contribution < -0.4 is 21.3 Å². The Bertz CT molecular complexity index is 1100. The van der Waals surface area contributed by atoms with Crippen LogP contribution in [0.25, 0.3) is 0 Å². The minimum Gasteiger partial charge on any atom is -0.353 e. The van der Waals surface area contributed by atoms with Crippen molar-refractivity contribution < 1.29 is 19.2 Å². The molecule has 0 aromatic carbocycles. The molecule has 4 aliphatic carbocycles. The Morgan fingerprint density at radius 1 is 0.350 bits per heavy atom. The van der Waals surface area contributed by atoms with Gasteiger partial charge in [0.15, 0.2) is 0 Å². The molecule has 4 amide bonds. The van der Waals surface area contributed by atoms with Crippen LogP contribution in [-0.4, -0.2) is 47.8 Å². The van der Waals surface area contributed by atoms with Crippen molar-refractivity contribution in [2.45, 2.75) is 270 Å². The van der Waals surface area contributed by atoms with E-state index in [9.17, 15) is 19.2 Å². The fourth-order valence-corrected chi connectivity index (χ4v) is 11.5. The van der Waals surface area contributed by atoms with E-state index in [0.717, 1.165) is 115 Å². The molecule has 2 unspecified atom stereocenters. The van der Waals surface area contributed by atoms with Gasteiger partial charge >= 0.3 is 0 Å². The van der Waals surface area contributed by atoms with Crippen molar-refractivity contribution in [3.8, 4) is 0 Å². The highest BCUT2D eigenvalue weighted by Gasteiger charge is 2.40. The number of nitrogens with one attached hydrogen (secondary N) is 4. The number of hydrogen-bond acceptors (Lipinski definition) is 4. The molecule has 0 aromatic rings. The summed E-state index contributed by atoms with van der Waals surface area (Å²) >= 11 is 0. The quantitative estimate of drug-likeness (QED) is 0.0616. The molecule has 4 saturated carbocycles. The van der Waals surface area contributed by atoms with Gasteiger partial charge in [0.1, 0.15) is 0 Å². The van der Waals surface area contributed by atoms with Gasteiger partial charge in [0.05, 0.1) is 11.8 Å². The second-order valence-corrected chi connectivity index (χ2v) is 20.6. The lowest BCUT2D eigenvalue weighted by Gasteiger charge is -2.34. The first kappa shape index (κ1) is 50.5. The van der Waals surface area contributed by atoms with Gasteiger partial charge in [-0.25, -0.2) is 0 Å². The van der Waals surface area contributed by atoms with Crippen molar-refractivity contribution in [1.29, 1.82) is 0 Å². The van der Waals surface area contributed by atoms with Crippen molar-refractivity contribution in [3.63, 3.8) is 0 Å². The molecule has 346 valence electrons. The molecule has 0 aliphatic heterocycles. The van der Waals surface area contributed by atoms with Gasteiger partial charge in [-0.1, -0.05) is 130 Å². The Morgan fingerprint density at radius 3 is 0.817 bits per heavy atom. The third kappa shape index (κ3) is 19.1. The average molecular weight is 839 g/mol. The second kappa shape index (κ2) is 29.3. The van der Waals surface area contributed by atoms with Gasteiger partial charge < -0.3 is 21.3 Å². The zero-order valence-electron chi connectivity index (χ0n) is 39.4. The molecule has 0 radical (unpaired) electrons. The van der Waals surface area contributed by atoms with Gasteiger partial charge in [-0.05, 0) is 126 Å². The van der Waals surface area contributed by atoms with E-state index >= 15 is 0 Å². The lowest BCUT2D eigenvalue weighted by atomic mass is 9.80. The molecule has 0 heterocycles. The average Bonchev–Trinajstić information content (AvgIpc) is 3.25. The van der Waals surface area contributed by atoms with Crippen molar-refractivity contribution in [1.82, 2.24) is 21.3 Å². The zero-order chi connectivity index (χ0) is 43.0. The van der Waals surface area contributed by atoms with Crippen LogP contribution >= 0.6 is 0 Å². The Hall–Kier alpha value is -2.12. The van der Waals surface area contributed by atoms with Crippen molar-refractivity contribution in [3.05, 3.63) is 0 Å². The highest BCUT2D eigenvalue weighted by atomic mass is 16.2. The van der Waals surface area contributed by atoms with Crippen LogP contribution in [0.1, 0.15) is 246 Å². The monoisotopic (exact) mass is 839 g/mol. The molecular formula is C52H94N4O4. The predicted octanol–water partition coefficient (Wildman–Crippen LogP) is 12.0. The number of carbonyl (C=O) groups excluding carboxylic acids is 4. The summed E-state index contributed by atoms with van der Waals surface area (Å²) in [7, 11) is 0. The summed E-state index contributed by atoms with van der Waals surface area (Å²) in [6.45, 7) is 9.01. The maximum atomic E-state index is 14.6. The molecule has 0 bridgehead atoms. The molecule has 2 atom stereocenters. The molecular weight excluding hydrogens is 745 g/mol. The minimum absolute atomic E-state index is 0.0431. The van der Waals surface area contributed by atoms with Gasteiger partial charge in [0.2, 0.25) is 23.6 Å². The first-order valence-corrected chi connectivity index (χ1v) is 26.4. The Balaban J connectivity index is 1.46. The first-order valence-electron chi connectivity index (χ1n) is 26.4. The summed E-state index contributed by atoms with van der Waals surface area (Å²) in [5.41, 5.74) is 0. The predicted molar refractivity (Wildman–Crippen MR) is 248 cm³/mol. The van der Waals surface area contributed by atoms with Crippen LogP contribution in [0.5, 0.6) is 0 Å². The Labute approximate surface area is 368 Å². The molecule has 0 aromatic heterocycles. The molecule has 8 nitrogen and oxygen atoms in total. The van der Waals surface area contributed by atoms with Crippen LogP contribution in [0.4, 0.5) is 0 Å². The van der Waals surface area contributed by atoms with Gasteiger partial charge in [0, 0.05) is 37.0 Å². The smallest absolute Gasteiger partial charge is 0.224 e. The van der Waals surface area contributed by atoms with Gasteiger partial charge in [-0.15, -0.1) is 0 Å². The largest absolute Gasteiger partial charge is 0.353 e. The van der Waals surface area contributed by atoms with E-state index in [1.54, 1.807) is 0 Å². The van der Waals surface area contributed by atoms with Gasteiger partial charge in [-0.3, -0.25) is 19.2 Å². The van der Waals surface area contributed by atoms with E-state index in [2.05, 4.69) is 49.0 Å². The molecule has 60 heavy (non-hydrogen) atoms. The van der Waals surface area contributed by atoms with E-state index in [0.29, 0.717) is 11.8 Å². The highest BCUT2D eigenvalue weighted by molar-refractivity contribution is 5.94. The van der Waals surface area contributed by atoms with Crippen LogP contribution in [-0.2, 0) is 19.2 Å². The highest BCUT2D eigenvalue weighted by Crippen LogP contribution is 2.34. The van der Waals surface area contributed by atoms with Crippen molar-refractivity contribution in [2.75, 3.05) is 0 Å². The van der Waals surface area contributed by atoms with Crippen molar-refractivity contribution in [2.24, 2.45) is 35.5 Å². The summed E-state index contributed by atoms with van der Waals surface area (Å²) in [4.78, 5) is 57.3. The zero-order valence-corrected chi connectivity index (χ0v) is 39.4. The number of amides is 4. The van der Waals surface area contributed by atoms with Crippen molar-refractivity contribution >= 4 is 23.6 Å². The number of unbranched alkanes of at least 4 members (excludes halogenated alkanes) is 8. The van der Waals surface area contributed by atoms with Crippen LogP contribution in [0, 0.1) is 35.5 Å². The molecule has 8 heteroatoms. The van der Waals surface area contributed by atoms with E-state index in [1.165, 1.54) is 103 Å². The van der Waals surface area contributed by atoms with E-state index in [1.807, 2.05) is 0 Å². The van der Waals surface area contributed by atoms with E-state index < -0.39 is 11.8 Å². The molecule has 4 fully saturated rings. The van der Waals surface area contributed by atoms with Crippen LogP contribution in [0.2, 0.25) is 0 Å². The minimum atomic E-state index is -0.900. The Kier molecular flexibility index (Phi) is 24.7. The number of hydrogen-bond donors (Lipinski definition) is 4. The second-order valence-electron chi connectivity index (χ2n) is 20.6. The number of rotatable bonds is 27. The molecule has 4 rings (SSSR count). The topological polar surface area (TPSA) is 116 Å². The lowest BCUT2D eigenvalue weighted by Crippen LogP contribution is -2.51. The third-order valence-electron chi connectivity index (χ3n) is 15.6. The maximum Gasteiger partial charge on any atom is 0.224 e. The third-order valence-corrected chi connectivity index (χ3v) is 15.6. The Morgan fingerprint density at radius 2 is 0.583 bits per heavy atom. The summed E-state index contributed by atoms with van der Waals surface area (Å²) in [5.74, 6) is 0.336.